The van der Waals surface area contributed by atoms with E-state index in [0.717, 1.165) is 34.2 Å². The van der Waals surface area contributed by atoms with E-state index in [1.807, 2.05) is 18.2 Å². The Morgan fingerprint density at radius 3 is 2.38 bits per heavy atom. The normalized spacial score (nSPS) is 15.0. The van der Waals surface area contributed by atoms with Gasteiger partial charge in [0.05, 0.1) is 11.1 Å². The van der Waals surface area contributed by atoms with E-state index in [1.165, 1.54) is 38.9 Å². The lowest BCUT2D eigenvalue weighted by molar-refractivity contribution is -0.159. The highest BCUT2D eigenvalue weighted by atomic mass is 79.9. The van der Waals surface area contributed by atoms with E-state index in [1.54, 1.807) is 0 Å². The number of benzene rings is 1. The van der Waals surface area contributed by atoms with E-state index >= 15 is 0 Å². The number of piperidine rings is 1. The highest BCUT2D eigenvalue weighted by molar-refractivity contribution is 9.10. The van der Waals surface area contributed by atoms with E-state index in [2.05, 4.69) is 27.8 Å². The second kappa shape index (κ2) is 12.1. The highest BCUT2D eigenvalue weighted by Crippen LogP contribution is 2.28. The molecule has 0 spiro atoms. The standard InChI is InChI=1S/C16H23BrClNO.C2H2O4/c1-13-6-9-19(10-7-13)8-2-3-11-20-16-5-4-14(18)12-15(16)17;3-1(4)2(5)6/h4-5,12-13H,2-3,6-11H2,1H3;(H,3,4)(H,5,6). The van der Waals surface area contributed by atoms with Gasteiger partial charge in [0.15, 0.2) is 0 Å². The number of likely N-dealkylation sites (tertiary alicyclic amines) is 1. The van der Waals surface area contributed by atoms with Gasteiger partial charge < -0.3 is 19.8 Å². The number of halogens is 2. The molecular formula is C18H25BrClNO5. The summed E-state index contributed by atoms with van der Waals surface area (Å²) in [5.41, 5.74) is 0. The molecule has 0 bridgehead atoms. The zero-order chi connectivity index (χ0) is 19.5. The van der Waals surface area contributed by atoms with Crippen LogP contribution in [0.3, 0.4) is 0 Å². The number of rotatable bonds is 6. The maximum absolute atomic E-state index is 9.10. The predicted molar refractivity (Wildman–Crippen MR) is 104 cm³/mol. The molecule has 2 rings (SSSR count). The third-order valence-electron chi connectivity index (χ3n) is 4.08. The number of ether oxygens (including phenoxy) is 1. The van der Waals surface area contributed by atoms with Crippen molar-refractivity contribution < 1.29 is 24.5 Å². The summed E-state index contributed by atoms with van der Waals surface area (Å²) in [6.07, 6.45) is 5.02. The molecule has 0 aromatic heterocycles. The number of hydrogen-bond donors (Lipinski definition) is 2. The highest BCUT2D eigenvalue weighted by Gasteiger charge is 2.14. The molecule has 1 fully saturated rings. The number of aliphatic carboxylic acids is 2. The molecule has 1 aliphatic rings. The average molecular weight is 451 g/mol. The van der Waals surface area contributed by atoms with Crippen LogP contribution < -0.4 is 4.74 Å². The molecule has 146 valence electrons. The molecule has 1 aliphatic heterocycles. The van der Waals surface area contributed by atoms with Gasteiger partial charge in [0, 0.05) is 5.02 Å². The molecule has 0 unspecified atom stereocenters. The van der Waals surface area contributed by atoms with Crippen molar-refractivity contribution in [3.63, 3.8) is 0 Å². The van der Waals surface area contributed by atoms with Crippen molar-refractivity contribution in [3.05, 3.63) is 27.7 Å². The predicted octanol–water partition coefficient (Wildman–Crippen LogP) is 4.15. The summed E-state index contributed by atoms with van der Waals surface area (Å²) in [6.45, 7) is 6.87. The number of carbonyl (C=O) groups is 2. The van der Waals surface area contributed by atoms with Gasteiger partial charge in [0.25, 0.3) is 0 Å². The lowest BCUT2D eigenvalue weighted by atomic mass is 9.99. The Bertz CT molecular complexity index is 579. The second-order valence-electron chi connectivity index (χ2n) is 6.26. The van der Waals surface area contributed by atoms with E-state index in [4.69, 9.17) is 36.1 Å². The van der Waals surface area contributed by atoms with Gasteiger partial charge in [-0.15, -0.1) is 0 Å². The zero-order valence-electron chi connectivity index (χ0n) is 14.8. The molecule has 0 radical (unpaired) electrons. The lowest BCUT2D eigenvalue weighted by Crippen LogP contribution is -2.33. The number of nitrogens with zero attached hydrogens (tertiary/aromatic N) is 1. The second-order valence-corrected chi connectivity index (χ2v) is 7.56. The minimum atomic E-state index is -1.82. The van der Waals surface area contributed by atoms with Crippen LogP contribution >= 0.6 is 27.5 Å². The summed E-state index contributed by atoms with van der Waals surface area (Å²) in [4.78, 5) is 20.8. The molecule has 0 saturated carbocycles. The SMILES string of the molecule is CC1CCN(CCCCOc2ccc(Cl)cc2Br)CC1.O=C(O)C(=O)O. The zero-order valence-corrected chi connectivity index (χ0v) is 17.1. The first kappa shape index (κ1) is 22.7. The largest absolute Gasteiger partial charge is 0.492 e. The molecule has 1 aromatic rings. The summed E-state index contributed by atoms with van der Waals surface area (Å²) in [5, 5.41) is 15.5. The summed E-state index contributed by atoms with van der Waals surface area (Å²) < 4.78 is 6.70. The first-order valence-corrected chi connectivity index (χ1v) is 9.73. The van der Waals surface area contributed by atoms with E-state index in [-0.39, 0.29) is 0 Å². The van der Waals surface area contributed by atoms with Gasteiger partial charge in [-0.3, -0.25) is 0 Å². The first-order chi connectivity index (χ1) is 12.3. The van der Waals surface area contributed by atoms with Crippen molar-refractivity contribution in [3.8, 4) is 5.75 Å². The molecule has 2 N–H and O–H groups in total. The Labute approximate surface area is 167 Å². The quantitative estimate of drug-likeness (QED) is 0.500. The molecule has 1 saturated heterocycles. The number of unbranched alkanes of at least 4 members (excludes halogenated alkanes) is 1. The number of carboxylic acid groups (broad SMARTS) is 2. The van der Waals surface area contributed by atoms with Crippen molar-refractivity contribution in [1.29, 1.82) is 0 Å². The Morgan fingerprint density at radius 1 is 1.23 bits per heavy atom. The third-order valence-corrected chi connectivity index (χ3v) is 4.93. The van der Waals surface area contributed by atoms with Crippen LogP contribution in [0, 0.1) is 5.92 Å². The smallest absolute Gasteiger partial charge is 0.414 e. The lowest BCUT2D eigenvalue weighted by Gasteiger charge is -2.30. The number of hydrogen-bond acceptors (Lipinski definition) is 4. The first-order valence-electron chi connectivity index (χ1n) is 8.56. The minimum absolute atomic E-state index is 0.726. The Kier molecular flexibility index (Phi) is 10.6. The van der Waals surface area contributed by atoms with E-state index in [0.29, 0.717) is 0 Å². The van der Waals surface area contributed by atoms with Crippen LogP contribution in [0.15, 0.2) is 22.7 Å². The topological polar surface area (TPSA) is 87.1 Å². The van der Waals surface area contributed by atoms with Crippen LogP contribution in [0.1, 0.15) is 32.6 Å². The van der Waals surface area contributed by atoms with Crippen LogP contribution in [0.2, 0.25) is 5.02 Å². The van der Waals surface area contributed by atoms with Gasteiger partial charge in [-0.1, -0.05) is 18.5 Å². The van der Waals surface area contributed by atoms with Crippen molar-refractivity contribution in [2.45, 2.75) is 32.6 Å². The fraction of sp³-hybridized carbons (Fsp3) is 0.556. The molecule has 0 amide bonds. The summed E-state index contributed by atoms with van der Waals surface area (Å²) in [7, 11) is 0. The monoisotopic (exact) mass is 449 g/mol. The Morgan fingerprint density at radius 2 is 1.85 bits per heavy atom. The fourth-order valence-electron chi connectivity index (χ4n) is 2.50. The molecule has 1 heterocycles. The van der Waals surface area contributed by atoms with Gasteiger partial charge >= 0.3 is 11.9 Å². The maximum atomic E-state index is 9.10. The Balaban J connectivity index is 0.000000487. The van der Waals surface area contributed by atoms with Gasteiger partial charge in [-0.2, -0.15) is 0 Å². The fourth-order valence-corrected chi connectivity index (χ4v) is 3.29. The van der Waals surface area contributed by atoms with Crippen molar-refractivity contribution in [2.24, 2.45) is 5.92 Å². The van der Waals surface area contributed by atoms with E-state index in [9.17, 15) is 0 Å². The van der Waals surface area contributed by atoms with Crippen molar-refractivity contribution in [2.75, 3.05) is 26.2 Å². The van der Waals surface area contributed by atoms with Gasteiger partial charge in [0.1, 0.15) is 5.75 Å². The Hall–Kier alpha value is -1.31. The van der Waals surface area contributed by atoms with E-state index < -0.39 is 11.9 Å². The minimum Gasteiger partial charge on any atom is -0.492 e. The summed E-state index contributed by atoms with van der Waals surface area (Å²) in [6, 6.07) is 5.64. The third kappa shape index (κ3) is 9.40. The van der Waals surface area contributed by atoms with Crippen molar-refractivity contribution in [1.82, 2.24) is 4.90 Å². The summed E-state index contributed by atoms with van der Waals surface area (Å²) in [5.74, 6) is -1.86. The average Bonchev–Trinajstić information content (AvgIpc) is 2.58. The van der Waals surface area contributed by atoms with Gasteiger partial charge in [-0.25, -0.2) is 9.59 Å². The maximum Gasteiger partial charge on any atom is 0.414 e. The van der Waals surface area contributed by atoms with Crippen LogP contribution in [-0.2, 0) is 9.59 Å². The van der Waals surface area contributed by atoms with Crippen molar-refractivity contribution >= 4 is 39.5 Å². The molecule has 8 heteroatoms. The van der Waals surface area contributed by atoms with Crippen LogP contribution in [0.4, 0.5) is 0 Å². The summed E-state index contributed by atoms with van der Waals surface area (Å²) >= 11 is 9.37. The van der Waals surface area contributed by atoms with Gasteiger partial charge in [0.2, 0.25) is 0 Å². The molecule has 1 aromatic carbocycles. The molecule has 6 nitrogen and oxygen atoms in total. The number of carboxylic acids is 2. The van der Waals surface area contributed by atoms with Crippen LogP contribution in [-0.4, -0.2) is 53.3 Å². The molecule has 0 aliphatic carbocycles. The molecular weight excluding hydrogens is 426 g/mol. The molecule has 26 heavy (non-hydrogen) atoms. The molecule has 0 atom stereocenters. The van der Waals surface area contributed by atoms with Gasteiger partial charge in [-0.05, 0) is 85.4 Å². The van der Waals surface area contributed by atoms with Crippen LogP contribution in [0.5, 0.6) is 5.75 Å². The van der Waals surface area contributed by atoms with Crippen LogP contribution in [0.25, 0.3) is 0 Å².